The van der Waals surface area contributed by atoms with Gasteiger partial charge in [-0.25, -0.2) is 0 Å². The van der Waals surface area contributed by atoms with Crippen molar-refractivity contribution in [1.29, 1.82) is 0 Å². The van der Waals surface area contributed by atoms with Crippen molar-refractivity contribution in [3.05, 3.63) is 12.1 Å². The molecule has 4 nitrogen and oxygen atoms in total. The predicted octanol–water partition coefficient (Wildman–Crippen LogP) is 2.30. The molecule has 2 N–H and O–H groups in total. The van der Waals surface area contributed by atoms with Gasteiger partial charge in [0.05, 0.1) is 12.3 Å². The van der Waals surface area contributed by atoms with E-state index in [0.717, 1.165) is 24.7 Å². The Balaban J connectivity index is 2.05. The molecule has 2 rings (SSSR count). The number of hydrogen-bond acceptors (Lipinski definition) is 4. The molecule has 17 heavy (non-hydrogen) atoms. The minimum atomic E-state index is 0.562. The first-order valence-corrected chi connectivity index (χ1v) is 6.31. The van der Waals surface area contributed by atoms with Crippen molar-refractivity contribution in [2.24, 2.45) is 5.92 Å². The third-order valence-corrected chi connectivity index (χ3v) is 2.94. The van der Waals surface area contributed by atoms with Crippen molar-refractivity contribution >= 4 is 11.5 Å². The van der Waals surface area contributed by atoms with Gasteiger partial charge in [-0.15, -0.1) is 0 Å². The maximum Gasteiger partial charge on any atom is 0.239 e. The molecule has 0 saturated heterocycles. The number of nitrogens with two attached hydrogens (primary N) is 1. The number of pyridine rings is 1. The molecular formula is C13H21N3O. The zero-order valence-electron chi connectivity index (χ0n) is 10.6. The average Bonchev–Trinajstić information content (AvgIpc) is 3.11. The molecular weight excluding hydrogens is 214 g/mol. The molecule has 0 spiro atoms. The third kappa shape index (κ3) is 3.25. The first-order chi connectivity index (χ1) is 8.20. The topological polar surface area (TPSA) is 51.4 Å². The molecule has 1 aliphatic carbocycles. The molecule has 0 bridgehead atoms. The van der Waals surface area contributed by atoms with Crippen molar-refractivity contribution in [2.75, 3.05) is 30.8 Å². The largest absolute Gasteiger partial charge is 0.476 e. The summed E-state index contributed by atoms with van der Waals surface area (Å²) in [4.78, 5) is 6.65. The Morgan fingerprint density at radius 3 is 2.88 bits per heavy atom. The number of aromatic nitrogens is 1. The summed E-state index contributed by atoms with van der Waals surface area (Å²) < 4.78 is 5.53. The number of hydrogen-bond donors (Lipinski definition) is 1. The molecule has 0 atom stereocenters. The van der Waals surface area contributed by atoms with Crippen molar-refractivity contribution in [2.45, 2.75) is 26.2 Å². The SMILES string of the molecule is CCCOc1nc(N(C)CC2CC2)ccc1N. The van der Waals surface area contributed by atoms with Crippen LogP contribution in [0.2, 0.25) is 0 Å². The molecule has 4 heteroatoms. The lowest BCUT2D eigenvalue weighted by Crippen LogP contribution is -2.21. The molecule has 1 fully saturated rings. The highest BCUT2D eigenvalue weighted by Gasteiger charge is 2.23. The molecule has 0 amide bonds. The van der Waals surface area contributed by atoms with Crippen LogP contribution in [-0.4, -0.2) is 25.2 Å². The van der Waals surface area contributed by atoms with Crippen LogP contribution in [0.4, 0.5) is 11.5 Å². The molecule has 1 aliphatic rings. The number of nitrogens with zero attached hydrogens (tertiary/aromatic N) is 2. The number of nitrogen functional groups attached to an aromatic ring is 1. The van der Waals surface area contributed by atoms with Crippen LogP contribution in [0.25, 0.3) is 0 Å². The third-order valence-electron chi connectivity index (χ3n) is 2.94. The predicted molar refractivity (Wildman–Crippen MR) is 70.4 cm³/mol. The van der Waals surface area contributed by atoms with E-state index in [4.69, 9.17) is 10.5 Å². The van der Waals surface area contributed by atoms with Crippen molar-refractivity contribution in [1.82, 2.24) is 4.98 Å². The van der Waals surface area contributed by atoms with E-state index < -0.39 is 0 Å². The van der Waals surface area contributed by atoms with Crippen LogP contribution in [0.5, 0.6) is 5.88 Å². The van der Waals surface area contributed by atoms with E-state index in [-0.39, 0.29) is 0 Å². The zero-order valence-corrected chi connectivity index (χ0v) is 10.6. The van der Waals surface area contributed by atoms with Gasteiger partial charge in [0.25, 0.3) is 0 Å². The van der Waals surface area contributed by atoms with Gasteiger partial charge in [0.2, 0.25) is 5.88 Å². The molecule has 0 unspecified atom stereocenters. The van der Waals surface area contributed by atoms with Gasteiger partial charge in [0.15, 0.2) is 0 Å². The van der Waals surface area contributed by atoms with Gasteiger partial charge >= 0.3 is 0 Å². The maximum atomic E-state index is 5.84. The van der Waals surface area contributed by atoms with Crippen molar-refractivity contribution < 1.29 is 4.74 Å². The van der Waals surface area contributed by atoms with Gasteiger partial charge in [-0.1, -0.05) is 6.92 Å². The van der Waals surface area contributed by atoms with Crippen molar-refractivity contribution in [3.8, 4) is 5.88 Å². The lowest BCUT2D eigenvalue weighted by molar-refractivity contribution is 0.307. The Labute approximate surface area is 103 Å². The van der Waals surface area contributed by atoms with Crippen LogP contribution in [0, 0.1) is 5.92 Å². The molecule has 1 heterocycles. The first kappa shape index (κ1) is 12.0. The number of anilines is 2. The molecule has 94 valence electrons. The molecule has 1 aromatic heterocycles. The second kappa shape index (κ2) is 5.25. The monoisotopic (exact) mass is 235 g/mol. The van der Waals surface area contributed by atoms with Gasteiger partial charge in [-0.3, -0.25) is 0 Å². The Morgan fingerprint density at radius 1 is 1.47 bits per heavy atom. The van der Waals surface area contributed by atoms with E-state index in [1.54, 1.807) is 0 Å². The van der Waals surface area contributed by atoms with E-state index in [9.17, 15) is 0 Å². The summed E-state index contributed by atoms with van der Waals surface area (Å²) in [5.74, 6) is 2.35. The summed E-state index contributed by atoms with van der Waals surface area (Å²) >= 11 is 0. The lowest BCUT2D eigenvalue weighted by atomic mass is 10.3. The minimum Gasteiger partial charge on any atom is -0.476 e. The Kier molecular flexibility index (Phi) is 3.71. The summed E-state index contributed by atoms with van der Waals surface area (Å²) in [5, 5.41) is 0. The Hall–Kier alpha value is -1.45. The highest BCUT2D eigenvalue weighted by Crippen LogP contribution is 2.31. The van der Waals surface area contributed by atoms with E-state index in [2.05, 4.69) is 23.9 Å². The summed E-state index contributed by atoms with van der Waals surface area (Å²) in [6.07, 6.45) is 3.65. The second-order valence-electron chi connectivity index (χ2n) is 4.74. The van der Waals surface area contributed by atoms with Gasteiger partial charge in [0, 0.05) is 13.6 Å². The molecule has 0 radical (unpaired) electrons. The molecule has 0 aromatic carbocycles. The average molecular weight is 235 g/mol. The highest BCUT2D eigenvalue weighted by molar-refractivity contribution is 5.54. The fourth-order valence-electron chi connectivity index (χ4n) is 1.75. The van der Waals surface area contributed by atoms with Gasteiger partial charge in [-0.2, -0.15) is 4.98 Å². The normalized spacial score (nSPS) is 14.7. The molecule has 1 saturated carbocycles. The first-order valence-electron chi connectivity index (χ1n) is 6.31. The van der Waals surface area contributed by atoms with Crippen LogP contribution in [-0.2, 0) is 0 Å². The van der Waals surface area contributed by atoms with Crippen LogP contribution in [0.15, 0.2) is 12.1 Å². The smallest absolute Gasteiger partial charge is 0.239 e. The Bertz CT molecular complexity index is 377. The standard InChI is InChI=1S/C13H21N3O/c1-3-8-17-13-11(14)6-7-12(15-13)16(2)9-10-4-5-10/h6-7,10H,3-5,8-9,14H2,1-2H3. The van der Waals surface area contributed by atoms with Gasteiger partial charge in [0.1, 0.15) is 5.82 Å². The summed E-state index contributed by atoms with van der Waals surface area (Å²) in [6, 6.07) is 3.83. The summed E-state index contributed by atoms with van der Waals surface area (Å²) in [5.41, 5.74) is 6.45. The lowest BCUT2D eigenvalue weighted by Gasteiger charge is -2.19. The Morgan fingerprint density at radius 2 is 2.24 bits per heavy atom. The van der Waals surface area contributed by atoms with E-state index >= 15 is 0 Å². The zero-order chi connectivity index (χ0) is 12.3. The van der Waals surface area contributed by atoms with Crippen LogP contribution in [0.3, 0.4) is 0 Å². The van der Waals surface area contributed by atoms with E-state index in [1.165, 1.54) is 12.8 Å². The fraction of sp³-hybridized carbons (Fsp3) is 0.615. The maximum absolute atomic E-state index is 5.84. The summed E-state index contributed by atoms with van der Waals surface area (Å²) in [7, 11) is 2.07. The second-order valence-corrected chi connectivity index (χ2v) is 4.74. The van der Waals surface area contributed by atoms with E-state index in [0.29, 0.717) is 18.2 Å². The fourth-order valence-corrected chi connectivity index (χ4v) is 1.75. The van der Waals surface area contributed by atoms with Crippen LogP contribution in [0.1, 0.15) is 26.2 Å². The minimum absolute atomic E-state index is 0.562. The van der Waals surface area contributed by atoms with Gasteiger partial charge < -0.3 is 15.4 Å². The molecule has 0 aliphatic heterocycles. The van der Waals surface area contributed by atoms with Gasteiger partial charge in [-0.05, 0) is 37.3 Å². The quantitative estimate of drug-likeness (QED) is 0.822. The van der Waals surface area contributed by atoms with Crippen LogP contribution < -0.4 is 15.4 Å². The number of rotatable bonds is 6. The van der Waals surface area contributed by atoms with Crippen LogP contribution >= 0.6 is 0 Å². The van der Waals surface area contributed by atoms with E-state index in [1.807, 2.05) is 12.1 Å². The summed E-state index contributed by atoms with van der Waals surface area (Å²) in [6.45, 7) is 3.80. The number of ether oxygens (including phenoxy) is 1. The molecule has 1 aromatic rings. The highest BCUT2D eigenvalue weighted by atomic mass is 16.5. The van der Waals surface area contributed by atoms with Crippen molar-refractivity contribution in [3.63, 3.8) is 0 Å².